The van der Waals surface area contributed by atoms with Crippen LogP contribution in [0, 0.1) is 0 Å². The van der Waals surface area contributed by atoms with Gasteiger partial charge in [0, 0.05) is 27.1 Å². The van der Waals surface area contributed by atoms with Gasteiger partial charge in [0.05, 0.1) is 39.4 Å². The van der Waals surface area contributed by atoms with Gasteiger partial charge in [-0.2, -0.15) is 5.10 Å². The Bertz CT molecular complexity index is 597. The summed E-state index contributed by atoms with van der Waals surface area (Å²) in [4.78, 5) is 4.86. The van der Waals surface area contributed by atoms with Crippen LogP contribution in [0.15, 0.2) is 34.0 Å². The molecule has 0 atom stereocenters. The molecule has 0 bridgehead atoms. The smallest absolute Gasteiger partial charge is 0.0964 e. The predicted octanol–water partition coefficient (Wildman–Crippen LogP) is 1.09. The molecule has 0 unspecified atom stereocenters. The predicted molar refractivity (Wildman–Crippen MR) is 81.8 cm³/mol. The van der Waals surface area contributed by atoms with Gasteiger partial charge in [0.15, 0.2) is 0 Å². The summed E-state index contributed by atoms with van der Waals surface area (Å²) in [7, 11) is 2.23. The van der Waals surface area contributed by atoms with Gasteiger partial charge in [-0.3, -0.25) is 5.01 Å². The van der Waals surface area contributed by atoms with Gasteiger partial charge in [0.2, 0.25) is 0 Å². The van der Waals surface area contributed by atoms with E-state index in [1.807, 2.05) is 18.5 Å². The van der Waals surface area contributed by atoms with Gasteiger partial charge in [-0.25, -0.2) is 0 Å². The summed E-state index contributed by atoms with van der Waals surface area (Å²) >= 11 is 3.51. The Morgan fingerprint density at radius 2 is 2.16 bits per heavy atom. The molecule has 1 saturated heterocycles. The van der Waals surface area contributed by atoms with Crippen molar-refractivity contribution in [1.82, 2.24) is 9.99 Å². The molecule has 2 heterocycles. The summed E-state index contributed by atoms with van der Waals surface area (Å²) in [6, 6.07) is 6.25. The zero-order chi connectivity index (χ0) is 13.2. The van der Waals surface area contributed by atoms with Crippen molar-refractivity contribution >= 4 is 33.0 Å². The first kappa shape index (κ1) is 12.7. The van der Waals surface area contributed by atoms with Crippen molar-refractivity contribution in [3.05, 3.63) is 34.4 Å². The summed E-state index contributed by atoms with van der Waals surface area (Å²) < 4.78 is 1.09. The molecule has 4 nitrogen and oxygen atoms in total. The monoisotopic (exact) mass is 321 g/mol. The number of hydrazone groups is 1. The van der Waals surface area contributed by atoms with E-state index in [1.165, 1.54) is 5.39 Å². The molecule has 0 saturated carbocycles. The van der Waals surface area contributed by atoms with Crippen molar-refractivity contribution in [1.29, 1.82) is 0 Å². The summed E-state index contributed by atoms with van der Waals surface area (Å²) in [5.41, 5.74) is 2.29. The maximum absolute atomic E-state index is 4.60. The number of nitrogens with one attached hydrogen (secondary N) is 2. The lowest BCUT2D eigenvalue weighted by molar-refractivity contribution is -0.884. The number of piperazine rings is 1. The number of halogens is 1. The van der Waals surface area contributed by atoms with E-state index in [1.54, 1.807) is 4.90 Å². The SMILES string of the molecule is C[NH+]1CCN(/N=C/c2c[nH]c3ccc(Br)cc23)CC1. The van der Waals surface area contributed by atoms with Crippen LogP contribution in [-0.4, -0.2) is 49.4 Å². The minimum absolute atomic E-state index is 1.04. The number of benzene rings is 1. The summed E-state index contributed by atoms with van der Waals surface area (Å²) in [5.74, 6) is 0. The van der Waals surface area contributed by atoms with Crippen LogP contribution < -0.4 is 4.90 Å². The lowest BCUT2D eigenvalue weighted by atomic mass is 10.2. The molecule has 0 aliphatic carbocycles. The van der Waals surface area contributed by atoms with E-state index in [4.69, 9.17) is 0 Å². The molecule has 5 heteroatoms. The van der Waals surface area contributed by atoms with Crippen LogP contribution >= 0.6 is 15.9 Å². The quantitative estimate of drug-likeness (QED) is 0.798. The van der Waals surface area contributed by atoms with E-state index in [9.17, 15) is 0 Å². The van der Waals surface area contributed by atoms with E-state index < -0.39 is 0 Å². The van der Waals surface area contributed by atoms with Crippen molar-refractivity contribution in [3.8, 4) is 0 Å². The Kier molecular flexibility index (Phi) is 3.57. The number of hydrogen-bond donors (Lipinski definition) is 2. The van der Waals surface area contributed by atoms with Crippen molar-refractivity contribution in [2.45, 2.75) is 0 Å². The van der Waals surface area contributed by atoms with Crippen LogP contribution in [-0.2, 0) is 0 Å². The average molecular weight is 322 g/mol. The molecule has 1 aromatic carbocycles. The molecule has 1 aromatic heterocycles. The van der Waals surface area contributed by atoms with Crippen LogP contribution in [0.5, 0.6) is 0 Å². The second kappa shape index (κ2) is 5.35. The number of fused-ring (bicyclic) bond motifs is 1. The number of rotatable bonds is 2. The van der Waals surface area contributed by atoms with Crippen LogP contribution in [0.3, 0.4) is 0 Å². The fraction of sp³-hybridized carbons (Fsp3) is 0.357. The first-order valence-electron chi connectivity index (χ1n) is 6.59. The first-order valence-corrected chi connectivity index (χ1v) is 7.38. The average Bonchev–Trinajstić information content (AvgIpc) is 2.80. The second-order valence-corrected chi connectivity index (χ2v) is 6.00. The molecule has 3 rings (SSSR count). The third-order valence-electron chi connectivity index (χ3n) is 3.63. The van der Waals surface area contributed by atoms with E-state index in [-0.39, 0.29) is 0 Å². The van der Waals surface area contributed by atoms with E-state index in [0.29, 0.717) is 0 Å². The Morgan fingerprint density at radius 3 is 2.95 bits per heavy atom. The number of H-pyrrole nitrogens is 1. The topological polar surface area (TPSA) is 35.8 Å². The third-order valence-corrected chi connectivity index (χ3v) is 4.12. The Balaban J connectivity index is 1.79. The van der Waals surface area contributed by atoms with Crippen molar-refractivity contribution in [3.63, 3.8) is 0 Å². The van der Waals surface area contributed by atoms with Gasteiger partial charge in [0.25, 0.3) is 0 Å². The van der Waals surface area contributed by atoms with E-state index >= 15 is 0 Å². The van der Waals surface area contributed by atoms with Crippen LogP contribution in [0.25, 0.3) is 10.9 Å². The molecule has 1 aliphatic rings. The van der Waals surface area contributed by atoms with Crippen molar-refractivity contribution < 1.29 is 4.90 Å². The molecule has 2 aromatic rings. The van der Waals surface area contributed by atoms with Crippen LogP contribution in [0.1, 0.15) is 5.56 Å². The number of aromatic nitrogens is 1. The summed E-state index contributed by atoms with van der Waals surface area (Å²) in [5, 5.41) is 7.96. The number of quaternary nitrogens is 1. The molecule has 0 radical (unpaired) electrons. The Morgan fingerprint density at radius 1 is 1.37 bits per heavy atom. The highest BCUT2D eigenvalue weighted by atomic mass is 79.9. The largest absolute Gasteiger partial charge is 0.361 e. The molecular weight excluding hydrogens is 304 g/mol. The fourth-order valence-corrected chi connectivity index (χ4v) is 2.72. The number of hydrogen-bond acceptors (Lipinski definition) is 2. The first-order chi connectivity index (χ1) is 9.22. The number of aromatic amines is 1. The normalized spacial score (nSPS) is 17.7. The number of likely N-dealkylation sites (N-methyl/N-ethyl adjacent to an activating group) is 1. The second-order valence-electron chi connectivity index (χ2n) is 5.09. The Labute approximate surface area is 121 Å². The van der Waals surface area contributed by atoms with E-state index in [0.717, 1.165) is 41.7 Å². The molecular formula is C14H18BrN4+. The van der Waals surface area contributed by atoms with Crippen molar-refractivity contribution in [2.75, 3.05) is 33.2 Å². The standard InChI is InChI=1S/C14H17BrN4/c1-18-4-6-19(7-5-18)17-10-11-9-16-14-3-2-12(15)8-13(11)14/h2-3,8-10,16H,4-7H2,1H3/p+1/b17-10+. The highest BCUT2D eigenvalue weighted by Gasteiger charge is 2.14. The lowest BCUT2D eigenvalue weighted by Crippen LogP contribution is -3.11. The van der Waals surface area contributed by atoms with Crippen molar-refractivity contribution in [2.24, 2.45) is 5.10 Å². The summed E-state index contributed by atoms with van der Waals surface area (Å²) in [6.45, 7) is 4.40. The van der Waals surface area contributed by atoms with Crippen LogP contribution in [0.4, 0.5) is 0 Å². The number of nitrogens with zero attached hydrogens (tertiary/aromatic N) is 2. The molecule has 0 amide bonds. The maximum atomic E-state index is 4.60. The Hall–Kier alpha value is -1.33. The maximum Gasteiger partial charge on any atom is 0.0964 e. The minimum Gasteiger partial charge on any atom is -0.361 e. The van der Waals surface area contributed by atoms with Crippen LogP contribution in [0.2, 0.25) is 0 Å². The molecule has 19 heavy (non-hydrogen) atoms. The third kappa shape index (κ3) is 2.82. The van der Waals surface area contributed by atoms with E-state index in [2.05, 4.69) is 50.2 Å². The molecule has 0 spiro atoms. The molecule has 1 aliphatic heterocycles. The van der Waals surface area contributed by atoms with Gasteiger partial charge >= 0.3 is 0 Å². The highest BCUT2D eigenvalue weighted by Crippen LogP contribution is 2.21. The zero-order valence-electron chi connectivity index (χ0n) is 11.0. The highest BCUT2D eigenvalue weighted by molar-refractivity contribution is 9.10. The molecule has 1 fully saturated rings. The van der Waals surface area contributed by atoms with Gasteiger partial charge in [-0.05, 0) is 18.2 Å². The van der Waals surface area contributed by atoms with Gasteiger partial charge < -0.3 is 9.88 Å². The lowest BCUT2D eigenvalue weighted by Gasteiger charge is -2.27. The molecule has 2 N–H and O–H groups in total. The van der Waals surface area contributed by atoms with Gasteiger partial charge in [-0.1, -0.05) is 15.9 Å². The minimum atomic E-state index is 1.04. The van der Waals surface area contributed by atoms with Gasteiger partial charge in [-0.15, -0.1) is 0 Å². The molecule has 100 valence electrons. The fourth-order valence-electron chi connectivity index (χ4n) is 2.36. The summed E-state index contributed by atoms with van der Waals surface area (Å²) in [6.07, 6.45) is 3.98. The zero-order valence-corrected chi connectivity index (χ0v) is 12.6. The van der Waals surface area contributed by atoms with Gasteiger partial charge in [0.1, 0.15) is 0 Å².